The minimum Gasteiger partial charge on any atom is -0.481 e. The number of thiazole rings is 1. The van der Waals surface area contributed by atoms with Gasteiger partial charge in [-0.05, 0) is 18.4 Å². The molecule has 0 bridgehead atoms. The fraction of sp³-hybridized carbons (Fsp3) is 0.211. The maximum Gasteiger partial charge on any atom is 0.303 e. The Kier molecular flexibility index (Phi) is 6.43. The van der Waals surface area contributed by atoms with Gasteiger partial charge in [-0.25, -0.2) is 18.2 Å². The summed E-state index contributed by atoms with van der Waals surface area (Å²) in [7, 11) is 0. The van der Waals surface area contributed by atoms with Gasteiger partial charge in [-0.15, -0.1) is 23.1 Å². The number of thioether (sulfide) groups is 1. The first kappa shape index (κ1) is 21.1. The van der Waals surface area contributed by atoms with Crippen molar-refractivity contribution in [3.05, 3.63) is 52.8 Å². The van der Waals surface area contributed by atoms with Gasteiger partial charge in [0.05, 0.1) is 23.4 Å². The maximum absolute atomic E-state index is 14.0. The summed E-state index contributed by atoms with van der Waals surface area (Å²) in [6.45, 7) is -0.129. The Balaban J connectivity index is 2.02. The number of benzene rings is 2. The highest BCUT2D eigenvalue weighted by Crippen LogP contribution is 2.33. The zero-order valence-corrected chi connectivity index (χ0v) is 16.7. The van der Waals surface area contributed by atoms with Crippen LogP contribution in [0.4, 0.5) is 18.9 Å². The summed E-state index contributed by atoms with van der Waals surface area (Å²) in [6, 6.07) is 7.46. The Morgan fingerprint density at radius 3 is 2.59 bits per heavy atom. The van der Waals surface area contributed by atoms with Crippen molar-refractivity contribution in [2.45, 2.75) is 24.3 Å². The van der Waals surface area contributed by atoms with Crippen molar-refractivity contribution in [1.29, 1.82) is 0 Å². The first-order valence-corrected chi connectivity index (χ1v) is 10.4. The van der Waals surface area contributed by atoms with Gasteiger partial charge >= 0.3 is 5.97 Å². The van der Waals surface area contributed by atoms with Crippen LogP contribution in [0.3, 0.4) is 0 Å². The third-order valence-corrected chi connectivity index (χ3v) is 5.92. The minimum absolute atomic E-state index is 0.129. The van der Waals surface area contributed by atoms with Crippen molar-refractivity contribution >= 4 is 50.9 Å². The fourth-order valence-electron chi connectivity index (χ4n) is 2.74. The van der Waals surface area contributed by atoms with Gasteiger partial charge in [-0.3, -0.25) is 9.59 Å². The summed E-state index contributed by atoms with van der Waals surface area (Å²) in [5.41, 5.74) is 0.0976. The number of anilines is 1. The lowest BCUT2D eigenvalue weighted by Crippen LogP contribution is -2.31. The van der Waals surface area contributed by atoms with Crippen molar-refractivity contribution in [2.75, 3.05) is 11.2 Å². The smallest absolute Gasteiger partial charge is 0.303 e. The predicted octanol–water partition coefficient (Wildman–Crippen LogP) is 4.83. The average molecular weight is 440 g/mol. The van der Waals surface area contributed by atoms with Crippen LogP contribution in [0, 0.1) is 17.5 Å². The Morgan fingerprint density at radius 1 is 1.17 bits per heavy atom. The largest absolute Gasteiger partial charge is 0.481 e. The molecule has 1 heterocycles. The lowest BCUT2D eigenvalue weighted by atomic mass is 10.2. The maximum atomic E-state index is 14.0. The highest BCUT2D eigenvalue weighted by molar-refractivity contribution is 7.98. The predicted molar refractivity (Wildman–Crippen MR) is 106 cm³/mol. The van der Waals surface area contributed by atoms with Gasteiger partial charge in [0.15, 0.2) is 11.6 Å². The van der Waals surface area contributed by atoms with E-state index < -0.39 is 34.8 Å². The molecule has 10 heteroatoms. The molecule has 0 saturated heterocycles. The summed E-state index contributed by atoms with van der Waals surface area (Å²) in [6.07, 6.45) is 1.22. The molecule has 3 rings (SSSR count). The molecular weight excluding hydrogens is 425 g/mol. The molecule has 0 fully saturated rings. The summed E-state index contributed by atoms with van der Waals surface area (Å²) in [4.78, 5) is 29.7. The number of carboxylic acids is 1. The first-order valence-electron chi connectivity index (χ1n) is 8.40. The van der Waals surface area contributed by atoms with Crippen LogP contribution in [0.15, 0.2) is 35.2 Å². The van der Waals surface area contributed by atoms with E-state index in [0.717, 1.165) is 16.2 Å². The molecule has 0 aliphatic rings. The second-order valence-corrected chi connectivity index (χ2v) is 7.92. The van der Waals surface area contributed by atoms with Crippen molar-refractivity contribution in [2.24, 2.45) is 0 Å². The van der Waals surface area contributed by atoms with E-state index in [-0.39, 0.29) is 29.1 Å². The number of aliphatic carboxylic acids is 1. The number of hydrogen-bond acceptors (Lipinski definition) is 5. The number of hydrogen-bond donors (Lipinski definition) is 1. The Hall–Kier alpha value is -2.59. The van der Waals surface area contributed by atoms with Crippen LogP contribution in [0.1, 0.15) is 17.8 Å². The van der Waals surface area contributed by atoms with E-state index in [4.69, 9.17) is 5.11 Å². The van der Waals surface area contributed by atoms with Crippen LogP contribution in [0.5, 0.6) is 0 Å². The van der Waals surface area contributed by atoms with E-state index in [1.165, 1.54) is 16.7 Å². The molecule has 0 atom stereocenters. The number of aromatic nitrogens is 1. The number of carbonyl (C=O) groups excluding carboxylic acids is 1. The Bertz CT molecular complexity index is 1090. The van der Waals surface area contributed by atoms with Crippen LogP contribution in [-0.2, 0) is 16.1 Å². The van der Waals surface area contributed by atoms with Crippen molar-refractivity contribution in [3.8, 4) is 0 Å². The van der Waals surface area contributed by atoms with Crippen LogP contribution in [0.25, 0.3) is 10.2 Å². The second kappa shape index (κ2) is 8.83. The number of fused-ring (bicyclic) bond motifs is 1. The lowest BCUT2D eigenvalue weighted by Gasteiger charge is -2.23. The number of carboxylic acid groups (broad SMARTS) is 1. The number of halogens is 3. The van der Waals surface area contributed by atoms with Crippen LogP contribution in [-0.4, -0.2) is 28.2 Å². The summed E-state index contributed by atoms with van der Waals surface area (Å²) in [5.74, 6) is -5.11. The molecule has 1 amide bonds. The van der Waals surface area contributed by atoms with E-state index in [9.17, 15) is 22.8 Å². The van der Waals surface area contributed by atoms with E-state index in [0.29, 0.717) is 11.8 Å². The molecule has 0 radical (unpaired) electrons. The molecule has 3 aromatic rings. The number of para-hydroxylation sites is 1. The Labute approximate surface area is 172 Å². The molecule has 29 heavy (non-hydrogen) atoms. The SMILES string of the molecule is CSc1ccccc1N(Cc1nc2c(F)c(F)cc(F)c2s1)C(=O)CCC(=O)O. The van der Waals surface area contributed by atoms with Gasteiger partial charge in [0.25, 0.3) is 0 Å². The van der Waals surface area contributed by atoms with Crippen LogP contribution < -0.4 is 4.90 Å². The van der Waals surface area contributed by atoms with Gasteiger partial charge in [-0.2, -0.15) is 0 Å². The van der Waals surface area contributed by atoms with Crippen LogP contribution in [0.2, 0.25) is 0 Å². The van der Waals surface area contributed by atoms with Gasteiger partial charge < -0.3 is 10.0 Å². The molecule has 1 N–H and O–H groups in total. The van der Waals surface area contributed by atoms with E-state index in [1.54, 1.807) is 24.3 Å². The standard InChI is InChI=1S/C19H15F3N2O3S2/c1-28-13-5-3-2-4-12(13)24(15(25)6-7-16(26)27)9-14-23-18-17(22)10(20)8-11(21)19(18)29-14/h2-5,8H,6-7,9H2,1H3,(H,26,27). The van der Waals surface area contributed by atoms with E-state index >= 15 is 0 Å². The quantitative estimate of drug-likeness (QED) is 0.421. The molecule has 1 aromatic heterocycles. The van der Waals surface area contributed by atoms with Crippen molar-refractivity contribution in [1.82, 2.24) is 4.98 Å². The average Bonchev–Trinajstić information content (AvgIpc) is 3.13. The molecule has 5 nitrogen and oxygen atoms in total. The second-order valence-electron chi connectivity index (χ2n) is 5.99. The van der Waals surface area contributed by atoms with Gasteiger partial charge in [0, 0.05) is 17.4 Å². The topological polar surface area (TPSA) is 70.5 Å². The molecule has 0 aliphatic heterocycles. The molecule has 2 aromatic carbocycles. The van der Waals surface area contributed by atoms with Gasteiger partial charge in [0.1, 0.15) is 16.3 Å². The number of carbonyl (C=O) groups is 2. The molecule has 0 saturated carbocycles. The Morgan fingerprint density at radius 2 is 1.90 bits per heavy atom. The zero-order valence-electron chi connectivity index (χ0n) is 15.1. The highest BCUT2D eigenvalue weighted by atomic mass is 32.2. The lowest BCUT2D eigenvalue weighted by molar-refractivity contribution is -0.138. The summed E-state index contributed by atoms with van der Waals surface area (Å²) >= 11 is 2.21. The van der Waals surface area contributed by atoms with E-state index in [2.05, 4.69) is 4.98 Å². The van der Waals surface area contributed by atoms with Crippen molar-refractivity contribution < 1.29 is 27.9 Å². The zero-order chi connectivity index (χ0) is 21.1. The summed E-state index contributed by atoms with van der Waals surface area (Å²) in [5, 5.41) is 9.08. The number of nitrogens with zero attached hydrogens (tertiary/aromatic N) is 2. The van der Waals surface area contributed by atoms with E-state index in [1.807, 2.05) is 6.26 Å². The highest BCUT2D eigenvalue weighted by Gasteiger charge is 2.23. The normalized spacial score (nSPS) is 11.0. The third kappa shape index (κ3) is 4.54. The molecule has 0 aliphatic carbocycles. The molecule has 0 spiro atoms. The monoisotopic (exact) mass is 440 g/mol. The van der Waals surface area contributed by atoms with Gasteiger partial charge in [-0.1, -0.05) is 12.1 Å². The van der Waals surface area contributed by atoms with Gasteiger partial charge in [0.2, 0.25) is 5.91 Å². The minimum atomic E-state index is -1.34. The fourth-order valence-corrected chi connectivity index (χ4v) is 4.30. The third-order valence-electron chi connectivity index (χ3n) is 4.08. The number of amides is 1. The molecule has 0 unspecified atom stereocenters. The molecular formula is C19H15F3N2O3S2. The van der Waals surface area contributed by atoms with Crippen molar-refractivity contribution in [3.63, 3.8) is 0 Å². The molecule has 152 valence electrons. The van der Waals surface area contributed by atoms with Crippen LogP contribution >= 0.6 is 23.1 Å². The first-order chi connectivity index (χ1) is 13.8. The summed E-state index contributed by atoms with van der Waals surface area (Å²) < 4.78 is 41.3. The number of rotatable bonds is 7.